The fourth-order valence-corrected chi connectivity index (χ4v) is 1.83. The number of halogens is 5. The molecule has 0 fully saturated rings. The fraction of sp³-hybridized carbons (Fsp3) is 0.250. The quantitative estimate of drug-likeness (QED) is 0.749. The molecule has 1 aromatic carbocycles. The number of oxazole rings is 1. The summed E-state index contributed by atoms with van der Waals surface area (Å²) < 4.78 is 56.1. The Hall–Kier alpha value is -1.56. The van der Waals surface area contributed by atoms with Gasteiger partial charge in [0.05, 0.1) is 16.8 Å². The summed E-state index contributed by atoms with van der Waals surface area (Å²) in [6, 6.07) is 2.22. The summed E-state index contributed by atoms with van der Waals surface area (Å²) in [5, 5.41) is -0.175. The molecule has 0 N–H and O–H groups in total. The summed E-state index contributed by atoms with van der Waals surface area (Å²) in [5.74, 6) is -0.976. The predicted octanol–water partition coefficient (Wildman–Crippen LogP) is 4.72. The molecule has 0 saturated heterocycles. The van der Waals surface area contributed by atoms with E-state index in [9.17, 15) is 17.6 Å². The summed E-state index contributed by atoms with van der Waals surface area (Å²) in [7, 11) is 0. The second-order valence-electron chi connectivity index (χ2n) is 3.79. The van der Waals surface area contributed by atoms with Crippen LogP contribution in [0, 0.1) is 5.82 Å². The van der Waals surface area contributed by atoms with Gasteiger partial charge in [-0.3, -0.25) is 0 Å². The van der Waals surface area contributed by atoms with E-state index < -0.39 is 17.6 Å². The standard InChI is InChI=1S/C12H8ClF4NO/c1-2-9-10(19-11(13)18-9)7-4-3-6(5-8(7)14)12(15,16)17/h3-5H,2H2,1H3. The van der Waals surface area contributed by atoms with Crippen LogP contribution in [0.15, 0.2) is 22.6 Å². The summed E-state index contributed by atoms with van der Waals surface area (Å²) >= 11 is 5.57. The molecule has 1 heterocycles. The molecular weight excluding hydrogens is 286 g/mol. The molecule has 19 heavy (non-hydrogen) atoms. The second kappa shape index (κ2) is 4.85. The average molecular weight is 294 g/mol. The molecule has 102 valence electrons. The van der Waals surface area contributed by atoms with Crippen molar-refractivity contribution in [3.63, 3.8) is 0 Å². The minimum atomic E-state index is -4.59. The maximum absolute atomic E-state index is 13.8. The van der Waals surface area contributed by atoms with E-state index >= 15 is 0 Å². The zero-order valence-corrected chi connectivity index (χ0v) is 10.4. The molecule has 1 aromatic heterocycles. The Bertz CT molecular complexity index is 606. The minimum Gasteiger partial charge on any atom is -0.427 e. The molecule has 2 aromatic rings. The molecule has 2 rings (SSSR count). The summed E-state index contributed by atoms with van der Waals surface area (Å²) in [6.45, 7) is 1.75. The lowest BCUT2D eigenvalue weighted by Gasteiger charge is -2.08. The van der Waals surface area contributed by atoms with Crippen molar-refractivity contribution in [1.29, 1.82) is 0 Å². The highest BCUT2D eigenvalue weighted by atomic mass is 35.5. The topological polar surface area (TPSA) is 26.0 Å². The van der Waals surface area contributed by atoms with Gasteiger partial charge in [-0.2, -0.15) is 13.2 Å². The van der Waals surface area contributed by atoms with Gasteiger partial charge in [-0.1, -0.05) is 6.92 Å². The van der Waals surface area contributed by atoms with Gasteiger partial charge in [0.2, 0.25) is 0 Å². The van der Waals surface area contributed by atoms with Gasteiger partial charge in [0, 0.05) is 0 Å². The van der Waals surface area contributed by atoms with E-state index in [0.717, 1.165) is 12.1 Å². The maximum Gasteiger partial charge on any atom is 0.416 e. The SMILES string of the molecule is CCc1nc(Cl)oc1-c1ccc(C(F)(F)F)cc1F. The zero-order valence-electron chi connectivity index (χ0n) is 9.68. The lowest BCUT2D eigenvalue weighted by Crippen LogP contribution is -2.05. The first kappa shape index (κ1) is 13.9. The van der Waals surface area contributed by atoms with Crippen molar-refractivity contribution in [2.45, 2.75) is 19.5 Å². The lowest BCUT2D eigenvalue weighted by molar-refractivity contribution is -0.137. The first-order valence-electron chi connectivity index (χ1n) is 5.35. The molecule has 0 aliphatic carbocycles. The number of aromatic nitrogens is 1. The fourth-order valence-electron chi connectivity index (χ4n) is 1.65. The highest BCUT2D eigenvalue weighted by Crippen LogP contribution is 2.34. The van der Waals surface area contributed by atoms with Gasteiger partial charge in [-0.05, 0) is 36.2 Å². The molecule has 0 amide bonds. The monoisotopic (exact) mass is 293 g/mol. The van der Waals surface area contributed by atoms with E-state index in [2.05, 4.69) is 4.98 Å². The Morgan fingerprint density at radius 3 is 2.53 bits per heavy atom. The van der Waals surface area contributed by atoms with Crippen molar-refractivity contribution in [1.82, 2.24) is 4.98 Å². The van der Waals surface area contributed by atoms with E-state index in [1.807, 2.05) is 0 Å². The number of nitrogens with zero attached hydrogens (tertiary/aromatic N) is 1. The van der Waals surface area contributed by atoms with Crippen LogP contribution in [-0.2, 0) is 12.6 Å². The molecular formula is C12H8ClF4NO. The van der Waals surface area contributed by atoms with Crippen LogP contribution in [0.25, 0.3) is 11.3 Å². The van der Waals surface area contributed by atoms with Gasteiger partial charge in [0.25, 0.3) is 5.35 Å². The van der Waals surface area contributed by atoms with Gasteiger partial charge in [-0.15, -0.1) is 0 Å². The minimum absolute atomic E-state index is 0.0544. The Labute approximate surface area is 111 Å². The van der Waals surface area contributed by atoms with Crippen LogP contribution in [0.4, 0.5) is 17.6 Å². The summed E-state index contributed by atoms with van der Waals surface area (Å²) in [5.41, 5.74) is -0.759. The first-order chi connectivity index (χ1) is 8.82. The highest BCUT2D eigenvalue weighted by molar-refractivity contribution is 6.27. The molecule has 0 bridgehead atoms. The van der Waals surface area contributed by atoms with Crippen LogP contribution in [0.2, 0.25) is 5.35 Å². The summed E-state index contributed by atoms with van der Waals surface area (Å²) in [6.07, 6.45) is -4.17. The van der Waals surface area contributed by atoms with E-state index in [1.165, 1.54) is 0 Å². The third-order valence-electron chi connectivity index (χ3n) is 2.55. The van der Waals surface area contributed by atoms with Crippen LogP contribution < -0.4 is 0 Å². The smallest absolute Gasteiger partial charge is 0.416 e. The van der Waals surface area contributed by atoms with Gasteiger partial charge in [0.15, 0.2) is 5.76 Å². The van der Waals surface area contributed by atoms with Crippen LogP contribution in [0.5, 0.6) is 0 Å². The van der Waals surface area contributed by atoms with Gasteiger partial charge < -0.3 is 4.42 Å². The van der Waals surface area contributed by atoms with Gasteiger partial charge >= 0.3 is 6.18 Å². The molecule has 0 spiro atoms. The van der Waals surface area contributed by atoms with Crippen LogP contribution in [0.3, 0.4) is 0 Å². The molecule has 0 aliphatic heterocycles. The number of aryl methyl sites for hydroxylation is 1. The van der Waals surface area contributed by atoms with Crippen LogP contribution in [0.1, 0.15) is 18.2 Å². The molecule has 0 aliphatic rings. The number of hydrogen-bond acceptors (Lipinski definition) is 2. The van der Waals surface area contributed by atoms with Crippen molar-refractivity contribution >= 4 is 11.6 Å². The number of rotatable bonds is 2. The molecule has 0 unspecified atom stereocenters. The molecule has 0 radical (unpaired) electrons. The normalized spacial score (nSPS) is 11.9. The van der Waals surface area contributed by atoms with Crippen molar-refractivity contribution in [2.75, 3.05) is 0 Å². The molecule has 2 nitrogen and oxygen atoms in total. The molecule has 7 heteroatoms. The van der Waals surface area contributed by atoms with E-state index in [1.54, 1.807) is 6.92 Å². The average Bonchev–Trinajstić information content (AvgIpc) is 2.69. The van der Waals surface area contributed by atoms with E-state index in [0.29, 0.717) is 18.2 Å². The maximum atomic E-state index is 13.8. The number of hydrogen-bond donors (Lipinski definition) is 0. The van der Waals surface area contributed by atoms with E-state index in [-0.39, 0.29) is 16.7 Å². The predicted molar refractivity (Wildman–Crippen MR) is 61.3 cm³/mol. The van der Waals surface area contributed by atoms with Crippen molar-refractivity contribution in [3.05, 3.63) is 40.6 Å². The van der Waals surface area contributed by atoms with Crippen LogP contribution >= 0.6 is 11.6 Å². The Balaban J connectivity index is 2.52. The largest absolute Gasteiger partial charge is 0.427 e. The first-order valence-corrected chi connectivity index (χ1v) is 5.73. The van der Waals surface area contributed by atoms with Gasteiger partial charge in [-0.25, -0.2) is 9.37 Å². The Morgan fingerprint density at radius 1 is 1.32 bits per heavy atom. The second-order valence-corrected chi connectivity index (χ2v) is 4.11. The Morgan fingerprint density at radius 2 is 2.00 bits per heavy atom. The zero-order chi connectivity index (χ0) is 14.2. The number of benzene rings is 1. The lowest BCUT2D eigenvalue weighted by atomic mass is 10.1. The summed E-state index contributed by atoms with van der Waals surface area (Å²) in [4.78, 5) is 3.83. The third kappa shape index (κ3) is 2.73. The Kier molecular flexibility index (Phi) is 3.54. The van der Waals surface area contributed by atoms with Crippen LogP contribution in [-0.4, -0.2) is 4.98 Å². The van der Waals surface area contributed by atoms with Crippen molar-refractivity contribution in [3.8, 4) is 11.3 Å². The van der Waals surface area contributed by atoms with Crippen molar-refractivity contribution < 1.29 is 22.0 Å². The number of alkyl halides is 3. The van der Waals surface area contributed by atoms with Gasteiger partial charge in [0.1, 0.15) is 5.82 Å². The molecule has 0 saturated carbocycles. The third-order valence-corrected chi connectivity index (χ3v) is 2.71. The van der Waals surface area contributed by atoms with Crippen molar-refractivity contribution in [2.24, 2.45) is 0 Å². The van der Waals surface area contributed by atoms with E-state index in [4.69, 9.17) is 16.0 Å². The molecule has 0 atom stereocenters. The highest BCUT2D eigenvalue weighted by Gasteiger charge is 2.31.